The van der Waals surface area contributed by atoms with Gasteiger partial charge in [0.2, 0.25) is 5.88 Å². The van der Waals surface area contributed by atoms with Crippen molar-refractivity contribution in [3.8, 4) is 17.7 Å². The van der Waals surface area contributed by atoms with Crippen LogP contribution in [0.25, 0.3) is 0 Å². The first-order chi connectivity index (χ1) is 12.7. The highest BCUT2D eigenvalue weighted by Crippen LogP contribution is 2.30. The van der Waals surface area contributed by atoms with Gasteiger partial charge < -0.3 is 10.2 Å². The van der Waals surface area contributed by atoms with Gasteiger partial charge in [-0.15, -0.1) is 0 Å². The van der Waals surface area contributed by atoms with Gasteiger partial charge in [-0.2, -0.15) is 5.26 Å². The summed E-state index contributed by atoms with van der Waals surface area (Å²) in [6.07, 6.45) is 1.48. The van der Waals surface area contributed by atoms with Gasteiger partial charge >= 0.3 is 0 Å². The summed E-state index contributed by atoms with van der Waals surface area (Å²) >= 11 is 0. The third kappa shape index (κ3) is 3.57. The molecule has 0 saturated carbocycles. The van der Waals surface area contributed by atoms with Crippen molar-refractivity contribution in [3.63, 3.8) is 0 Å². The van der Waals surface area contributed by atoms with Crippen LogP contribution in [-0.2, 0) is 9.84 Å². The first-order valence-electron chi connectivity index (χ1n) is 8.15. The summed E-state index contributed by atoms with van der Waals surface area (Å²) in [7, 11) is -3.29. The fourth-order valence-corrected chi connectivity index (χ4v) is 4.83. The first kappa shape index (κ1) is 18.7. The van der Waals surface area contributed by atoms with Crippen molar-refractivity contribution in [3.05, 3.63) is 51.3 Å². The summed E-state index contributed by atoms with van der Waals surface area (Å²) in [5.74, 6) is -0.754. The number of pyridine rings is 1. The number of phenols is 1. The Bertz CT molecular complexity index is 1140. The van der Waals surface area contributed by atoms with Crippen LogP contribution < -0.4 is 5.56 Å². The topological polar surface area (TPSA) is 133 Å². The quantitative estimate of drug-likeness (QED) is 0.768. The highest BCUT2D eigenvalue weighted by Gasteiger charge is 2.33. The monoisotopic (exact) mass is 387 g/mol. The van der Waals surface area contributed by atoms with Crippen molar-refractivity contribution < 1.29 is 18.6 Å². The van der Waals surface area contributed by atoms with Gasteiger partial charge in [0.15, 0.2) is 9.84 Å². The summed E-state index contributed by atoms with van der Waals surface area (Å²) in [5.41, 5.74) is -0.0770. The second kappa shape index (κ2) is 6.89. The minimum Gasteiger partial charge on any atom is -0.508 e. The molecule has 1 atom stereocenters. The Balaban J connectivity index is 2.16. The molecule has 2 N–H and O–H groups in total. The fraction of sp³-hybridized carbons (Fsp3) is 0.278. The normalized spacial score (nSPS) is 18.6. The number of aliphatic imine (C=N–C) groups is 1. The SMILES string of the molecule is Cc1c(C=Nc2cccc(O)c2)c(O)n(C2CCS(=O)(=O)C2)c(=O)c1C#N. The zero-order chi connectivity index (χ0) is 19.8. The standard InChI is InChI=1S/C18H17N3O5S/c1-11-15(8-19)17(23)21(13-5-6-27(25,26)10-13)18(24)16(11)9-20-12-3-2-4-14(22)7-12/h2-4,7,9,13,22,24H,5-6,10H2,1H3. The van der Waals surface area contributed by atoms with E-state index < -0.39 is 27.3 Å². The predicted molar refractivity (Wildman–Crippen MR) is 99.5 cm³/mol. The Hall–Kier alpha value is -3.12. The van der Waals surface area contributed by atoms with Gasteiger partial charge in [0.25, 0.3) is 5.56 Å². The highest BCUT2D eigenvalue weighted by molar-refractivity contribution is 7.91. The molecule has 27 heavy (non-hydrogen) atoms. The number of sulfone groups is 1. The molecule has 1 fully saturated rings. The summed E-state index contributed by atoms with van der Waals surface area (Å²) in [6.45, 7) is 1.51. The number of nitriles is 1. The highest BCUT2D eigenvalue weighted by atomic mass is 32.2. The maximum absolute atomic E-state index is 12.6. The van der Waals surface area contributed by atoms with Gasteiger partial charge in [-0.1, -0.05) is 6.07 Å². The molecular formula is C18H17N3O5S. The van der Waals surface area contributed by atoms with E-state index in [1.54, 1.807) is 12.1 Å². The molecule has 1 saturated heterocycles. The van der Waals surface area contributed by atoms with Crippen molar-refractivity contribution >= 4 is 21.7 Å². The Morgan fingerprint density at radius 1 is 1.37 bits per heavy atom. The second-order valence-corrected chi connectivity index (χ2v) is 8.59. The van der Waals surface area contributed by atoms with Gasteiger partial charge in [-0.3, -0.25) is 14.4 Å². The number of phenolic OH excluding ortho intramolecular Hbond substituents is 1. The third-order valence-electron chi connectivity index (χ3n) is 4.54. The maximum atomic E-state index is 12.6. The van der Waals surface area contributed by atoms with Gasteiger partial charge in [-0.25, -0.2) is 8.42 Å². The lowest BCUT2D eigenvalue weighted by atomic mass is 10.0. The van der Waals surface area contributed by atoms with Crippen LogP contribution >= 0.6 is 0 Å². The molecule has 1 aromatic heterocycles. The van der Waals surface area contributed by atoms with Gasteiger partial charge in [0.05, 0.1) is 28.8 Å². The molecule has 2 heterocycles. The fourth-order valence-electron chi connectivity index (χ4n) is 3.13. The Kier molecular flexibility index (Phi) is 4.76. The minimum absolute atomic E-state index is 0.0180. The van der Waals surface area contributed by atoms with Crippen molar-refractivity contribution in [1.29, 1.82) is 5.26 Å². The molecule has 140 valence electrons. The van der Waals surface area contributed by atoms with Crippen LogP contribution in [0.3, 0.4) is 0 Å². The van der Waals surface area contributed by atoms with E-state index in [1.165, 1.54) is 25.3 Å². The van der Waals surface area contributed by atoms with Crippen LogP contribution in [0.1, 0.15) is 29.2 Å². The predicted octanol–water partition coefficient (Wildman–Crippen LogP) is 1.55. The van der Waals surface area contributed by atoms with Crippen LogP contribution in [0.15, 0.2) is 34.1 Å². The third-order valence-corrected chi connectivity index (χ3v) is 6.29. The van der Waals surface area contributed by atoms with Crippen molar-refractivity contribution in [2.45, 2.75) is 19.4 Å². The second-order valence-electron chi connectivity index (χ2n) is 6.36. The molecule has 1 aliphatic heterocycles. The molecule has 1 unspecified atom stereocenters. The number of aromatic nitrogens is 1. The largest absolute Gasteiger partial charge is 0.508 e. The average molecular weight is 387 g/mol. The van der Waals surface area contributed by atoms with Crippen molar-refractivity contribution in [1.82, 2.24) is 4.57 Å². The number of aromatic hydroxyl groups is 2. The molecule has 1 aromatic carbocycles. The molecule has 0 amide bonds. The molecule has 0 spiro atoms. The molecular weight excluding hydrogens is 370 g/mol. The van der Waals surface area contributed by atoms with Crippen LogP contribution in [-0.4, -0.2) is 40.9 Å². The van der Waals surface area contributed by atoms with Crippen LogP contribution in [0.5, 0.6) is 11.6 Å². The Morgan fingerprint density at radius 3 is 2.70 bits per heavy atom. The minimum atomic E-state index is -3.29. The molecule has 9 heteroatoms. The Morgan fingerprint density at radius 2 is 2.11 bits per heavy atom. The number of hydrogen-bond donors (Lipinski definition) is 2. The van der Waals surface area contributed by atoms with Crippen molar-refractivity contribution in [2.24, 2.45) is 4.99 Å². The molecule has 1 aliphatic rings. The van der Waals surface area contributed by atoms with Gasteiger partial charge in [0.1, 0.15) is 17.4 Å². The van der Waals surface area contributed by atoms with Gasteiger partial charge in [-0.05, 0) is 31.0 Å². The van der Waals surface area contributed by atoms with E-state index in [9.17, 15) is 28.7 Å². The maximum Gasteiger partial charge on any atom is 0.271 e. The average Bonchev–Trinajstić information content (AvgIpc) is 2.94. The number of hydrogen-bond acceptors (Lipinski definition) is 7. The zero-order valence-electron chi connectivity index (χ0n) is 14.5. The van der Waals surface area contributed by atoms with E-state index in [4.69, 9.17) is 0 Å². The number of rotatable bonds is 3. The van der Waals surface area contributed by atoms with Gasteiger partial charge in [0, 0.05) is 12.3 Å². The lowest BCUT2D eigenvalue weighted by Crippen LogP contribution is -2.29. The van der Waals surface area contributed by atoms with E-state index in [1.807, 2.05) is 6.07 Å². The molecule has 3 rings (SSSR count). The lowest BCUT2D eigenvalue weighted by Gasteiger charge is -2.18. The smallest absolute Gasteiger partial charge is 0.271 e. The van der Waals surface area contributed by atoms with E-state index in [2.05, 4.69) is 4.99 Å². The molecule has 0 bridgehead atoms. The Labute approximate surface area is 155 Å². The van der Waals surface area contributed by atoms with E-state index in [0.717, 1.165) is 4.57 Å². The number of benzene rings is 1. The number of nitrogens with zero attached hydrogens (tertiary/aromatic N) is 3. The van der Waals surface area contributed by atoms with E-state index in [0.29, 0.717) is 5.69 Å². The van der Waals surface area contributed by atoms with E-state index >= 15 is 0 Å². The van der Waals surface area contributed by atoms with Crippen LogP contribution in [0, 0.1) is 18.3 Å². The first-order valence-corrected chi connectivity index (χ1v) is 9.97. The summed E-state index contributed by atoms with van der Waals surface area (Å²) in [6, 6.07) is 7.22. The van der Waals surface area contributed by atoms with Crippen LogP contribution in [0.4, 0.5) is 5.69 Å². The molecule has 2 aromatic rings. The summed E-state index contributed by atoms with van der Waals surface area (Å²) < 4.78 is 24.5. The summed E-state index contributed by atoms with van der Waals surface area (Å²) in [5, 5.41) is 29.5. The molecule has 0 aliphatic carbocycles. The van der Waals surface area contributed by atoms with Crippen molar-refractivity contribution in [2.75, 3.05) is 11.5 Å². The summed E-state index contributed by atoms with van der Waals surface area (Å²) in [4.78, 5) is 16.8. The molecule has 8 nitrogen and oxygen atoms in total. The molecule has 0 radical (unpaired) electrons. The van der Waals surface area contributed by atoms with Crippen LogP contribution in [0.2, 0.25) is 0 Å². The van der Waals surface area contributed by atoms with E-state index in [-0.39, 0.29) is 40.4 Å². The lowest BCUT2D eigenvalue weighted by molar-refractivity contribution is 0.379. The zero-order valence-corrected chi connectivity index (χ0v) is 15.3.